The molecule has 4 heterocycles. The number of fused-ring (bicyclic) bond motifs is 1. The fourth-order valence-electron chi connectivity index (χ4n) is 5.81. The molecule has 0 spiro atoms. The number of hydrogen-bond donors (Lipinski definition) is 1. The summed E-state index contributed by atoms with van der Waals surface area (Å²) in [5, 5.41) is 19.5. The highest BCUT2D eigenvalue weighted by Gasteiger charge is 2.32. The summed E-state index contributed by atoms with van der Waals surface area (Å²) in [6.45, 7) is 11.7. The number of carbonyl (C=O) groups is 1. The van der Waals surface area contributed by atoms with Crippen LogP contribution in [-0.2, 0) is 12.8 Å². The second-order valence-electron chi connectivity index (χ2n) is 10.6. The van der Waals surface area contributed by atoms with Gasteiger partial charge in [-0.25, -0.2) is 4.98 Å². The van der Waals surface area contributed by atoms with Crippen molar-refractivity contribution in [2.24, 2.45) is 0 Å². The Bertz CT molecular complexity index is 1550. The number of rotatable bonds is 8. The van der Waals surface area contributed by atoms with Crippen LogP contribution < -0.4 is 4.74 Å². The molecule has 1 aromatic carbocycles. The zero-order valence-corrected chi connectivity index (χ0v) is 23.7. The number of nitriles is 1. The Hall–Kier alpha value is -4.29. The molecule has 0 radical (unpaired) electrons. The van der Waals surface area contributed by atoms with Crippen molar-refractivity contribution in [1.29, 1.82) is 5.26 Å². The van der Waals surface area contributed by atoms with Crippen LogP contribution in [-0.4, -0.2) is 63.1 Å². The van der Waals surface area contributed by atoms with Crippen LogP contribution in [0.25, 0.3) is 11.1 Å². The molecule has 0 unspecified atom stereocenters. The number of halogens is 1. The van der Waals surface area contributed by atoms with Crippen LogP contribution in [0, 0.1) is 24.2 Å². The normalized spacial score (nSPS) is 17.4. The van der Waals surface area contributed by atoms with Gasteiger partial charge in [0, 0.05) is 60.8 Å². The third kappa shape index (κ3) is 5.66. The zero-order valence-electron chi connectivity index (χ0n) is 23.7. The van der Waals surface area contributed by atoms with Gasteiger partial charge >= 0.3 is 0 Å². The molecule has 8 nitrogen and oxygen atoms in total. The predicted molar refractivity (Wildman–Crippen MR) is 153 cm³/mol. The maximum atomic E-state index is 14.1. The molecule has 5 rings (SSSR count). The summed E-state index contributed by atoms with van der Waals surface area (Å²) in [6, 6.07) is 10.6. The maximum absolute atomic E-state index is 14.1. The van der Waals surface area contributed by atoms with Gasteiger partial charge in [-0.15, -0.1) is 0 Å². The van der Waals surface area contributed by atoms with E-state index >= 15 is 0 Å². The van der Waals surface area contributed by atoms with E-state index in [0.29, 0.717) is 73.8 Å². The number of β-amino-alcohol motifs (C(OH)–C–C–N with tert-alkyl or cyclic N) is 1. The number of pyridine rings is 2. The first-order valence-electron chi connectivity index (χ1n) is 13.9. The predicted octanol–water partition coefficient (Wildman–Crippen LogP) is 4.74. The Morgan fingerprint density at radius 3 is 2.73 bits per heavy atom. The minimum atomic E-state index is -0.542. The molecule has 1 fully saturated rings. The number of aryl methyl sites for hydroxylation is 1. The molecule has 2 aromatic heterocycles. The van der Waals surface area contributed by atoms with Gasteiger partial charge in [0.25, 0.3) is 5.91 Å². The molecule has 1 saturated heterocycles. The lowest BCUT2D eigenvalue weighted by Gasteiger charge is -2.35. The molecule has 212 valence electrons. The van der Waals surface area contributed by atoms with E-state index in [1.807, 2.05) is 19.9 Å². The van der Waals surface area contributed by atoms with Crippen LogP contribution >= 0.6 is 0 Å². The summed E-state index contributed by atoms with van der Waals surface area (Å²) in [7, 11) is 0. The van der Waals surface area contributed by atoms with Crippen molar-refractivity contribution in [2.45, 2.75) is 52.2 Å². The standard InChI is InChI=1S/C32H34FN5O3/c1-5-41-30-15-29(35-17-23(30)16-34)21(4)38-11-9-26-27(25-6-7-31(33)36-20(25)3)13-22(14-28(26)32(38)40)8-10-37-18-24(39)12-19(37)2/h6-7,13-15,17,21,24,39H,2,5,8-12,18H2,1,3-4H3/t21-,24-/m0/s1. The summed E-state index contributed by atoms with van der Waals surface area (Å²) in [5.41, 5.74) is 6.65. The Morgan fingerprint density at radius 2 is 2.05 bits per heavy atom. The van der Waals surface area contributed by atoms with Crippen LogP contribution in [0.1, 0.15) is 64.7 Å². The lowest BCUT2D eigenvalue weighted by molar-refractivity contribution is 0.0669. The monoisotopic (exact) mass is 555 g/mol. The number of hydrogen-bond acceptors (Lipinski definition) is 7. The highest BCUT2D eigenvalue weighted by atomic mass is 19.1. The van der Waals surface area contributed by atoms with Gasteiger partial charge in [0.05, 0.1) is 24.4 Å². The summed E-state index contributed by atoms with van der Waals surface area (Å²) in [5.74, 6) is -0.200. The summed E-state index contributed by atoms with van der Waals surface area (Å²) in [4.78, 5) is 26.5. The molecule has 1 amide bonds. The van der Waals surface area contributed by atoms with Crippen molar-refractivity contribution >= 4 is 5.91 Å². The summed E-state index contributed by atoms with van der Waals surface area (Å²) >= 11 is 0. The molecule has 0 saturated carbocycles. The largest absolute Gasteiger partial charge is 0.492 e. The van der Waals surface area contributed by atoms with Crippen molar-refractivity contribution in [3.05, 3.63) is 88.4 Å². The molecule has 2 aliphatic rings. The third-order valence-corrected chi connectivity index (χ3v) is 7.97. The maximum Gasteiger partial charge on any atom is 0.254 e. The number of nitrogens with zero attached hydrogens (tertiary/aromatic N) is 5. The van der Waals surface area contributed by atoms with Crippen LogP contribution in [0.3, 0.4) is 0 Å². The number of amides is 1. The van der Waals surface area contributed by atoms with Gasteiger partial charge in [-0.2, -0.15) is 9.65 Å². The van der Waals surface area contributed by atoms with Crippen LogP contribution in [0.15, 0.2) is 48.8 Å². The fourth-order valence-corrected chi connectivity index (χ4v) is 5.81. The summed E-state index contributed by atoms with van der Waals surface area (Å²) < 4.78 is 19.5. The van der Waals surface area contributed by atoms with E-state index in [1.165, 1.54) is 12.3 Å². The van der Waals surface area contributed by atoms with Crippen molar-refractivity contribution in [3.8, 4) is 22.9 Å². The molecular weight excluding hydrogens is 521 g/mol. The molecular formula is C32H34FN5O3. The molecule has 3 aromatic rings. The van der Waals surface area contributed by atoms with E-state index in [2.05, 4.69) is 33.6 Å². The summed E-state index contributed by atoms with van der Waals surface area (Å²) in [6.07, 6.45) is 2.91. The van der Waals surface area contributed by atoms with E-state index < -0.39 is 12.1 Å². The van der Waals surface area contributed by atoms with E-state index in [1.54, 1.807) is 24.0 Å². The van der Waals surface area contributed by atoms with Gasteiger partial charge in [-0.3, -0.25) is 9.78 Å². The fraction of sp³-hybridized carbons (Fsp3) is 0.375. The average Bonchev–Trinajstić information content (AvgIpc) is 3.28. The van der Waals surface area contributed by atoms with Crippen molar-refractivity contribution in [1.82, 2.24) is 19.8 Å². The van der Waals surface area contributed by atoms with Gasteiger partial charge in [-0.1, -0.05) is 12.6 Å². The first kappa shape index (κ1) is 28.2. The van der Waals surface area contributed by atoms with Crippen molar-refractivity contribution in [2.75, 3.05) is 26.2 Å². The van der Waals surface area contributed by atoms with Crippen LogP contribution in [0.2, 0.25) is 0 Å². The smallest absolute Gasteiger partial charge is 0.254 e. The number of carbonyl (C=O) groups excluding carboxylic acids is 1. The van der Waals surface area contributed by atoms with Crippen LogP contribution in [0.5, 0.6) is 5.75 Å². The van der Waals surface area contributed by atoms with E-state index in [4.69, 9.17) is 4.74 Å². The van der Waals surface area contributed by atoms with E-state index in [9.17, 15) is 19.6 Å². The molecule has 1 N–H and O–H groups in total. The minimum Gasteiger partial charge on any atom is -0.492 e. The quantitative estimate of drug-likeness (QED) is 0.401. The Balaban J connectivity index is 1.51. The van der Waals surface area contributed by atoms with Gasteiger partial charge < -0.3 is 19.6 Å². The Morgan fingerprint density at radius 1 is 1.27 bits per heavy atom. The van der Waals surface area contributed by atoms with Gasteiger partial charge in [-0.05, 0) is 68.5 Å². The van der Waals surface area contributed by atoms with Gasteiger partial charge in [0.2, 0.25) is 5.95 Å². The highest BCUT2D eigenvalue weighted by molar-refractivity contribution is 5.99. The molecule has 41 heavy (non-hydrogen) atoms. The van der Waals surface area contributed by atoms with E-state index in [0.717, 1.165) is 28.0 Å². The lowest BCUT2D eigenvalue weighted by atomic mass is 9.86. The SMILES string of the molecule is C=C1C[C@H](O)CN1CCc1cc2c(c(-c3ccc(F)nc3C)c1)CCN([C@@H](C)c1cc(OCC)c(C#N)cn1)C2=O. The Kier molecular flexibility index (Phi) is 8.04. The first-order chi connectivity index (χ1) is 19.7. The lowest BCUT2D eigenvalue weighted by Crippen LogP contribution is -2.40. The molecule has 2 atom stereocenters. The van der Waals surface area contributed by atoms with Crippen molar-refractivity contribution < 1.29 is 19.0 Å². The second kappa shape index (κ2) is 11.7. The molecule has 2 aliphatic heterocycles. The highest BCUT2D eigenvalue weighted by Crippen LogP contribution is 2.36. The van der Waals surface area contributed by atoms with Crippen molar-refractivity contribution in [3.63, 3.8) is 0 Å². The topological polar surface area (TPSA) is 103 Å². The molecule has 0 aliphatic carbocycles. The number of aromatic nitrogens is 2. The molecule has 0 bridgehead atoms. The zero-order chi connectivity index (χ0) is 29.3. The Labute approximate surface area is 239 Å². The van der Waals surface area contributed by atoms with E-state index in [-0.39, 0.29) is 11.9 Å². The minimum absolute atomic E-state index is 0.111. The number of aliphatic hydroxyl groups is 1. The number of aliphatic hydroxyl groups excluding tert-OH is 1. The second-order valence-corrected chi connectivity index (χ2v) is 10.6. The first-order valence-corrected chi connectivity index (χ1v) is 13.9. The number of benzene rings is 1. The number of likely N-dealkylation sites (tertiary alicyclic amines) is 1. The van der Waals surface area contributed by atoms with Gasteiger partial charge in [0.1, 0.15) is 17.4 Å². The average molecular weight is 556 g/mol. The number of ether oxygens (including phenoxy) is 1. The molecule has 9 heteroatoms. The van der Waals surface area contributed by atoms with Gasteiger partial charge in [0.15, 0.2) is 0 Å². The third-order valence-electron chi connectivity index (χ3n) is 7.97. The van der Waals surface area contributed by atoms with Crippen LogP contribution in [0.4, 0.5) is 4.39 Å².